The molecule has 8 heteroatoms. The Hall–Kier alpha value is -1.06. The van der Waals surface area contributed by atoms with Crippen LogP contribution < -0.4 is 16.0 Å². The van der Waals surface area contributed by atoms with Gasteiger partial charge in [0, 0.05) is 45.1 Å². The summed E-state index contributed by atoms with van der Waals surface area (Å²) in [5.74, 6) is 1.30. The second kappa shape index (κ2) is 11.5. The minimum atomic E-state index is -0.0416. The number of halogens is 1. The van der Waals surface area contributed by atoms with Crippen LogP contribution in [0, 0.1) is 5.92 Å². The molecule has 1 heterocycles. The van der Waals surface area contributed by atoms with E-state index in [4.69, 9.17) is 0 Å². The third-order valence-electron chi connectivity index (χ3n) is 4.65. The SMILES string of the molecule is CCNC(=NCCNC(C)=O)NC1CCN(C(=O)C2CCCC2)C1.I. The van der Waals surface area contributed by atoms with E-state index in [0.717, 1.165) is 44.9 Å². The lowest BCUT2D eigenvalue weighted by atomic mass is 10.1. The van der Waals surface area contributed by atoms with Crippen LogP contribution in [-0.4, -0.2) is 61.4 Å². The fourth-order valence-corrected chi connectivity index (χ4v) is 3.42. The Morgan fingerprint density at radius 1 is 1.16 bits per heavy atom. The van der Waals surface area contributed by atoms with E-state index in [-0.39, 0.29) is 41.8 Å². The first-order valence-electron chi connectivity index (χ1n) is 9.18. The molecule has 2 fully saturated rings. The highest BCUT2D eigenvalue weighted by Crippen LogP contribution is 2.27. The van der Waals surface area contributed by atoms with E-state index < -0.39 is 0 Å². The maximum Gasteiger partial charge on any atom is 0.225 e. The van der Waals surface area contributed by atoms with Crippen molar-refractivity contribution in [2.75, 3.05) is 32.7 Å². The third kappa shape index (κ3) is 7.37. The molecule has 0 spiro atoms. The van der Waals surface area contributed by atoms with Crippen LogP contribution in [0.5, 0.6) is 0 Å². The summed E-state index contributed by atoms with van der Waals surface area (Å²) in [7, 11) is 0. The van der Waals surface area contributed by atoms with Gasteiger partial charge in [-0.1, -0.05) is 12.8 Å². The number of nitrogens with one attached hydrogen (secondary N) is 3. The maximum atomic E-state index is 12.5. The van der Waals surface area contributed by atoms with Crippen LogP contribution in [0.4, 0.5) is 0 Å². The summed E-state index contributed by atoms with van der Waals surface area (Å²) < 4.78 is 0. The van der Waals surface area contributed by atoms with Crippen LogP contribution in [0.2, 0.25) is 0 Å². The quantitative estimate of drug-likeness (QED) is 0.237. The average molecular weight is 465 g/mol. The van der Waals surface area contributed by atoms with Crippen molar-refractivity contribution in [3.63, 3.8) is 0 Å². The van der Waals surface area contributed by atoms with Crippen molar-refractivity contribution in [1.29, 1.82) is 0 Å². The Kier molecular flexibility index (Phi) is 10.1. The number of likely N-dealkylation sites (tertiary alicyclic amines) is 1. The highest BCUT2D eigenvalue weighted by molar-refractivity contribution is 14.0. The fraction of sp³-hybridized carbons (Fsp3) is 0.824. The van der Waals surface area contributed by atoms with Gasteiger partial charge in [-0.2, -0.15) is 0 Å². The smallest absolute Gasteiger partial charge is 0.225 e. The van der Waals surface area contributed by atoms with Gasteiger partial charge in [-0.25, -0.2) is 0 Å². The first kappa shape index (κ1) is 22.0. The number of hydrogen-bond acceptors (Lipinski definition) is 3. The molecular formula is C17H32IN5O2. The van der Waals surface area contributed by atoms with Gasteiger partial charge in [0.1, 0.15) is 0 Å². The standard InChI is InChI=1S/C17H31N5O2.HI/c1-3-18-17(20-10-9-19-13(2)23)21-15-8-11-22(12-15)16(24)14-6-4-5-7-14;/h14-15H,3-12H2,1-2H3,(H,19,23)(H2,18,20,21);1H. The van der Waals surface area contributed by atoms with E-state index in [1.165, 1.54) is 19.8 Å². The molecule has 2 rings (SSSR count). The molecule has 144 valence electrons. The Morgan fingerprint density at radius 2 is 1.88 bits per heavy atom. The van der Waals surface area contributed by atoms with Gasteiger partial charge in [-0.15, -0.1) is 24.0 Å². The van der Waals surface area contributed by atoms with E-state index in [1.54, 1.807) is 0 Å². The molecule has 0 aromatic carbocycles. The lowest BCUT2D eigenvalue weighted by molar-refractivity contribution is -0.134. The van der Waals surface area contributed by atoms with Crippen LogP contribution in [0.25, 0.3) is 0 Å². The zero-order valence-electron chi connectivity index (χ0n) is 15.3. The molecule has 1 unspecified atom stereocenters. The highest BCUT2D eigenvalue weighted by atomic mass is 127. The average Bonchev–Trinajstić information content (AvgIpc) is 3.22. The van der Waals surface area contributed by atoms with Crippen molar-refractivity contribution in [2.24, 2.45) is 10.9 Å². The van der Waals surface area contributed by atoms with E-state index in [2.05, 4.69) is 20.9 Å². The zero-order valence-corrected chi connectivity index (χ0v) is 17.7. The van der Waals surface area contributed by atoms with Crippen molar-refractivity contribution in [3.05, 3.63) is 0 Å². The molecule has 1 saturated heterocycles. The van der Waals surface area contributed by atoms with Gasteiger partial charge < -0.3 is 20.9 Å². The van der Waals surface area contributed by atoms with Crippen LogP contribution in [0.1, 0.15) is 46.0 Å². The van der Waals surface area contributed by atoms with Gasteiger partial charge in [0.15, 0.2) is 5.96 Å². The second-order valence-electron chi connectivity index (χ2n) is 6.64. The number of amides is 2. The normalized spacial score (nSPS) is 21.0. The van der Waals surface area contributed by atoms with E-state index in [9.17, 15) is 9.59 Å². The lowest BCUT2D eigenvalue weighted by Crippen LogP contribution is -2.45. The molecule has 1 atom stereocenters. The van der Waals surface area contributed by atoms with Crippen molar-refractivity contribution in [2.45, 2.75) is 52.0 Å². The molecule has 0 radical (unpaired) electrons. The number of guanidine groups is 1. The Bertz CT molecular complexity index is 466. The predicted molar refractivity (Wildman–Crippen MR) is 110 cm³/mol. The van der Waals surface area contributed by atoms with E-state index in [0.29, 0.717) is 19.0 Å². The summed E-state index contributed by atoms with van der Waals surface area (Å²) in [6.07, 6.45) is 5.45. The molecule has 1 saturated carbocycles. The molecule has 3 N–H and O–H groups in total. The molecule has 25 heavy (non-hydrogen) atoms. The number of hydrogen-bond donors (Lipinski definition) is 3. The van der Waals surface area contributed by atoms with E-state index in [1.807, 2.05) is 11.8 Å². The first-order chi connectivity index (χ1) is 11.6. The predicted octanol–water partition coefficient (Wildman–Crippen LogP) is 1.09. The zero-order chi connectivity index (χ0) is 17.4. The summed E-state index contributed by atoms with van der Waals surface area (Å²) in [5, 5.41) is 9.37. The van der Waals surface area contributed by atoms with Crippen molar-refractivity contribution >= 4 is 41.8 Å². The minimum Gasteiger partial charge on any atom is -0.357 e. The highest BCUT2D eigenvalue weighted by Gasteiger charge is 2.32. The molecule has 1 aliphatic heterocycles. The fourth-order valence-electron chi connectivity index (χ4n) is 3.42. The van der Waals surface area contributed by atoms with Gasteiger partial charge in [-0.3, -0.25) is 14.6 Å². The molecule has 0 aromatic heterocycles. The van der Waals surface area contributed by atoms with Gasteiger partial charge >= 0.3 is 0 Å². The van der Waals surface area contributed by atoms with Crippen molar-refractivity contribution in [1.82, 2.24) is 20.9 Å². The van der Waals surface area contributed by atoms with Gasteiger partial charge in [0.25, 0.3) is 0 Å². The number of aliphatic imine (C=N–C) groups is 1. The van der Waals surface area contributed by atoms with Gasteiger partial charge in [-0.05, 0) is 26.2 Å². The molecule has 1 aliphatic carbocycles. The van der Waals surface area contributed by atoms with Crippen LogP contribution in [-0.2, 0) is 9.59 Å². The first-order valence-corrected chi connectivity index (χ1v) is 9.18. The van der Waals surface area contributed by atoms with Crippen LogP contribution >= 0.6 is 24.0 Å². The van der Waals surface area contributed by atoms with E-state index >= 15 is 0 Å². The summed E-state index contributed by atoms with van der Waals surface area (Å²) in [4.78, 5) is 29.8. The van der Waals surface area contributed by atoms with Crippen molar-refractivity contribution < 1.29 is 9.59 Å². The Morgan fingerprint density at radius 3 is 2.52 bits per heavy atom. The third-order valence-corrected chi connectivity index (χ3v) is 4.65. The number of rotatable bonds is 6. The van der Waals surface area contributed by atoms with Crippen LogP contribution in [0.3, 0.4) is 0 Å². The Labute approximate surface area is 167 Å². The minimum absolute atomic E-state index is 0. The summed E-state index contributed by atoms with van der Waals surface area (Å²) in [6, 6.07) is 0.244. The van der Waals surface area contributed by atoms with Crippen LogP contribution in [0.15, 0.2) is 4.99 Å². The number of nitrogens with zero attached hydrogens (tertiary/aromatic N) is 2. The van der Waals surface area contributed by atoms with Gasteiger partial charge in [0.05, 0.1) is 6.54 Å². The molecule has 2 aliphatic rings. The summed E-state index contributed by atoms with van der Waals surface area (Å²) >= 11 is 0. The monoisotopic (exact) mass is 465 g/mol. The largest absolute Gasteiger partial charge is 0.357 e. The molecule has 0 bridgehead atoms. The van der Waals surface area contributed by atoms with Crippen molar-refractivity contribution in [3.8, 4) is 0 Å². The van der Waals surface area contributed by atoms with Gasteiger partial charge in [0.2, 0.25) is 11.8 Å². The molecule has 2 amide bonds. The molecular weight excluding hydrogens is 433 g/mol. The topological polar surface area (TPSA) is 85.8 Å². The summed E-state index contributed by atoms with van der Waals surface area (Å²) in [6.45, 7) is 6.96. The second-order valence-corrected chi connectivity index (χ2v) is 6.64. The summed E-state index contributed by atoms with van der Waals surface area (Å²) in [5.41, 5.74) is 0. The Balaban J connectivity index is 0.00000312. The number of carbonyl (C=O) groups excluding carboxylic acids is 2. The maximum absolute atomic E-state index is 12.5. The number of carbonyl (C=O) groups is 2. The molecule has 7 nitrogen and oxygen atoms in total. The molecule has 0 aromatic rings. The lowest BCUT2D eigenvalue weighted by Gasteiger charge is -2.21.